The number of aromatic nitrogens is 2. The highest BCUT2D eigenvalue weighted by molar-refractivity contribution is 5.95. The number of para-hydroxylation sites is 1. The summed E-state index contributed by atoms with van der Waals surface area (Å²) in [7, 11) is 0. The maximum absolute atomic E-state index is 14.0. The van der Waals surface area contributed by atoms with Crippen molar-refractivity contribution in [2.75, 3.05) is 6.54 Å². The van der Waals surface area contributed by atoms with Gasteiger partial charge in [-0.2, -0.15) is 5.10 Å². The average Bonchev–Trinajstić information content (AvgIpc) is 2.98. The van der Waals surface area contributed by atoms with Crippen molar-refractivity contribution in [2.24, 2.45) is 0 Å². The number of rotatable bonds is 4. The van der Waals surface area contributed by atoms with Crippen molar-refractivity contribution in [1.29, 1.82) is 0 Å². The summed E-state index contributed by atoms with van der Waals surface area (Å²) in [5, 5.41) is 4.26. The third-order valence-corrected chi connectivity index (χ3v) is 4.94. The molecule has 1 aliphatic rings. The number of carbonyl (C=O) groups excluding carboxylic acids is 1. The molecule has 0 unspecified atom stereocenters. The average molecular weight is 329 g/mol. The number of nitrogens with zero attached hydrogens (tertiary/aromatic N) is 3. The molecule has 1 saturated carbocycles. The van der Waals surface area contributed by atoms with Gasteiger partial charge in [0.2, 0.25) is 0 Å². The first-order valence-corrected chi connectivity index (χ1v) is 8.74. The lowest BCUT2D eigenvalue weighted by Gasteiger charge is -2.33. The third-order valence-electron chi connectivity index (χ3n) is 4.94. The van der Waals surface area contributed by atoms with E-state index in [-0.39, 0.29) is 11.7 Å². The van der Waals surface area contributed by atoms with Crippen LogP contribution in [0.25, 0.3) is 5.69 Å². The molecule has 1 aromatic carbocycles. The number of hydrogen-bond acceptors (Lipinski definition) is 2. The fourth-order valence-electron chi connectivity index (χ4n) is 3.60. The summed E-state index contributed by atoms with van der Waals surface area (Å²) < 4.78 is 15.5. The van der Waals surface area contributed by atoms with Crippen molar-refractivity contribution in [3.05, 3.63) is 47.5 Å². The summed E-state index contributed by atoms with van der Waals surface area (Å²) in [5.74, 6) is -0.341. The Bertz CT molecular complexity index is 719. The second-order valence-electron chi connectivity index (χ2n) is 6.39. The van der Waals surface area contributed by atoms with Crippen LogP contribution >= 0.6 is 0 Å². The molecule has 1 amide bonds. The zero-order valence-corrected chi connectivity index (χ0v) is 14.3. The zero-order chi connectivity index (χ0) is 17.1. The smallest absolute Gasteiger partial charge is 0.257 e. The van der Waals surface area contributed by atoms with Crippen LogP contribution in [0.1, 0.15) is 55.1 Å². The minimum absolute atomic E-state index is 0.00416. The predicted molar refractivity (Wildman–Crippen MR) is 91.8 cm³/mol. The van der Waals surface area contributed by atoms with Gasteiger partial charge in [-0.05, 0) is 38.8 Å². The fourth-order valence-corrected chi connectivity index (χ4v) is 3.60. The molecule has 0 saturated heterocycles. The van der Waals surface area contributed by atoms with Gasteiger partial charge in [-0.3, -0.25) is 4.79 Å². The van der Waals surface area contributed by atoms with E-state index in [0.29, 0.717) is 29.5 Å². The maximum Gasteiger partial charge on any atom is 0.257 e. The molecule has 1 heterocycles. The Morgan fingerprint density at radius 2 is 2.00 bits per heavy atom. The quantitative estimate of drug-likeness (QED) is 0.846. The van der Waals surface area contributed by atoms with Crippen LogP contribution in [0.5, 0.6) is 0 Å². The van der Waals surface area contributed by atoms with Crippen molar-refractivity contribution in [1.82, 2.24) is 14.7 Å². The third kappa shape index (κ3) is 3.07. The van der Waals surface area contributed by atoms with E-state index in [0.717, 1.165) is 12.8 Å². The molecule has 2 aromatic rings. The van der Waals surface area contributed by atoms with E-state index in [1.54, 1.807) is 24.4 Å². The van der Waals surface area contributed by atoms with Crippen LogP contribution < -0.4 is 0 Å². The molecule has 0 radical (unpaired) electrons. The van der Waals surface area contributed by atoms with E-state index < -0.39 is 0 Å². The molecule has 0 bridgehead atoms. The maximum atomic E-state index is 14.0. The molecule has 4 nitrogen and oxygen atoms in total. The van der Waals surface area contributed by atoms with E-state index in [9.17, 15) is 9.18 Å². The van der Waals surface area contributed by atoms with Gasteiger partial charge in [0, 0.05) is 12.6 Å². The summed E-state index contributed by atoms with van der Waals surface area (Å²) in [6.07, 6.45) is 7.33. The Hall–Kier alpha value is -2.17. The Balaban J connectivity index is 1.89. The number of amides is 1. The Kier molecular flexibility index (Phi) is 4.97. The summed E-state index contributed by atoms with van der Waals surface area (Å²) in [4.78, 5) is 15.0. The minimum atomic E-state index is -0.345. The highest BCUT2D eigenvalue weighted by atomic mass is 19.1. The molecule has 1 aliphatic carbocycles. The molecule has 0 N–H and O–H groups in total. The summed E-state index contributed by atoms with van der Waals surface area (Å²) >= 11 is 0. The lowest BCUT2D eigenvalue weighted by atomic mass is 9.93. The monoisotopic (exact) mass is 329 g/mol. The van der Waals surface area contributed by atoms with Gasteiger partial charge >= 0.3 is 0 Å². The normalized spacial score (nSPS) is 15.5. The Morgan fingerprint density at radius 3 is 2.67 bits per heavy atom. The van der Waals surface area contributed by atoms with Crippen molar-refractivity contribution in [2.45, 2.75) is 52.0 Å². The van der Waals surface area contributed by atoms with Gasteiger partial charge in [-0.1, -0.05) is 31.4 Å². The lowest BCUT2D eigenvalue weighted by molar-refractivity contribution is 0.0647. The minimum Gasteiger partial charge on any atom is -0.336 e. The van der Waals surface area contributed by atoms with E-state index in [1.807, 2.05) is 18.7 Å². The van der Waals surface area contributed by atoms with Crippen LogP contribution in [0, 0.1) is 12.7 Å². The van der Waals surface area contributed by atoms with Crippen molar-refractivity contribution in [3.63, 3.8) is 0 Å². The van der Waals surface area contributed by atoms with E-state index in [1.165, 1.54) is 30.0 Å². The molecule has 24 heavy (non-hydrogen) atoms. The molecule has 1 aromatic heterocycles. The molecule has 128 valence electrons. The van der Waals surface area contributed by atoms with Crippen LogP contribution in [-0.4, -0.2) is 33.2 Å². The lowest BCUT2D eigenvalue weighted by Crippen LogP contribution is -2.41. The predicted octanol–water partition coefficient (Wildman–Crippen LogP) is 4.11. The van der Waals surface area contributed by atoms with Gasteiger partial charge in [0.15, 0.2) is 0 Å². The van der Waals surface area contributed by atoms with Gasteiger partial charge < -0.3 is 4.90 Å². The van der Waals surface area contributed by atoms with Crippen molar-refractivity contribution < 1.29 is 9.18 Å². The highest BCUT2D eigenvalue weighted by Crippen LogP contribution is 2.25. The molecule has 3 rings (SSSR count). The van der Waals surface area contributed by atoms with Gasteiger partial charge in [0.05, 0.1) is 17.5 Å². The van der Waals surface area contributed by atoms with Crippen LogP contribution in [0.2, 0.25) is 0 Å². The van der Waals surface area contributed by atoms with Crippen LogP contribution in [-0.2, 0) is 0 Å². The largest absolute Gasteiger partial charge is 0.336 e. The number of carbonyl (C=O) groups is 1. The topological polar surface area (TPSA) is 38.1 Å². The number of benzene rings is 1. The first-order chi connectivity index (χ1) is 11.6. The van der Waals surface area contributed by atoms with E-state index >= 15 is 0 Å². The second-order valence-corrected chi connectivity index (χ2v) is 6.39. The van der Waals surface area contributed by atoms with Crippen LogP contribution in [0.3, 0.4) is 0 Å². The second kappa shape index (κ2) is 7.16. The zero-order valence-electron chi connectivity index (χ0n) is 14.3. The SMILES string of the molecule is CCN(C(=O)c1cnn(-c2ccccc2F)c1C)C1CCCCC1. The molecule has 1 fully saturated rings. The van der Waals surface area contributed by atoms with E-state index in [4.69, 9.17) is 0 Å². The molecule has 0 atom stereocenters. The van der Waals surface area contributed by atoms with Gasteiger partial charge in [0.25, 0.3) is 5.91 Å². The Labute approximate surface area is 142 Å². The molecular weight excluding hydrogens is 305 g/mol. The standard InChI is InChI=1S/C19H24FN3O/c1-3-22(15-9-5-4-6-10-15)19(24)16-13-21-23(14(16)2)18-12-8-7-11-17(18)20/h7-8,11-13,15H,3-6,9-10H2,1-2H3. The van der Waals surface area contributed by atoms with Crippen molar-refractivity contribution >= 4 is 5.91 Å². The molecule has 5 heteroatoms. The van der Waals surface area contributed by atoms with E-state index in [2.05, 4.69) is 5.10 Å². The van der Waals surface area contributed by atoms with Gasteiger partial charge in [-0.25, -0.2) is 9.07 Å². The van der Waals surface area contributed by atoms with Gasteiger partial charge in [0.1, 0.15) is 11.5 Å². The first-order valence-electron chi connectivity index (χ1n) is 8.74. The number of halogens is 1. The molecular formula is C19H24FN3O. The molecule has 0 aliphatic heterocycles. The van der Waals surface area contributed by atoms with Crippen molar-refractivity contribution in [3.8, 4) is 5.69 Å². The summed E-state index contributed by atoms with van der Waals surface area (Å²) in [6, 6.07) is 6.79. The Morgan fingerprint density at radius 1 is 1.29 bits per heavy atom. The summed E-state index contributed by atoms with van der Waals surface area (Å²) in [5.41, 5.74) is 1.61. The number of hydrogen-bond donors (Lipinski definition) is 0. The van der Waals surface area contributed by atoms with Crippen LogP contribution in [0.15, 0.2) is 30.5 Å². The van der Waals surface area contributed by atoms with Crippen LogP contribution in [0.4, 0.5) is 4.39 Å². The van der Waals surface area contributed by atoms with Gasteiger partial charge in [-0.15, -0.1) is 0 Å². The fraction of sp³-hybridized carbons (Fsp3) is 0.474. The highest BCUT2D eigenvalue weighted by Gasteiger charge is 2.27. The first kappa shape index (κ1) is 16.7. The summed E-state index contributed by atoms with van der Waals surface area (Å²) in [6.45, 7) is 4.53. The molecule has 0 spiro atoms.